The van der Waals surface area contributed by atoms with Crippen molar-refractivity contribution in [2.45, 2.75) is 6.42 Å². The van der Waals surface area contributed by atoms with Crippen LogP contribution in [0.1, 0.15) is 16.9 Å². The summed E-state index contributed by atoms with van der Waals surface area (Å²) < 4.78 is 6.23. The average Bonchev–Trinajstić information content (AvgIpc) is 2.98. The number of hydrogen-bond acceptors (Lipinski definition) is 4. The number of para-hydroxylation sites is 2. The zero-order valence-corrected chi connectivity index (χ0v) is 14.6. The fourth-order valence-electron chi connectivity index (χ4n) is 2.37. The van der Waals surface area contributed by atoms with Crippen molar-refractivity contribution in [3.05, 3.63) is 46.7 Å². The van der Waals surface area contributed by atoms with E-state index in [1.54, 1.807) is 36.5 Å². The molecule has 3 amide bonds. The van der Waals surface area contributed by atoms with Crippen molar-refractivity contribution in [3.8, 4) is 5.75 Å². The normalized spacial score (nSPS) is 13.5. The molecule has 1 aromatic carbocycles. The minimum Gasteiger partial charge on any atom is -0.491 e. The summed E-state index contributed by atoms with van der Waals surface area (Å²) in [4.78, 5) is 40.4. The lowest BCUT2D eigenvalue weighted by atomic mass is 10.2. The van der Waals surface area contributed by atoms with Crippen LogP contribution in [0.5, 0.6) is 5.75 Å². The van der Waals surface area contributed by atoms with E-state index in [4.69, 9.17) is 4.74 Å². The summed E-state index contributed by atoms with van der Waals surface area (Å²) >= 11 is 3.22. The first kappa shape index (κ1) is 17.0. The fourth-order valence-corrected chi connectivity index (χ4v) is 2.71. The number of ether oxygens (including phenoxy) is 1. The zero-order chi connectivity index (χ0) is 17.8. The molecular formula is C16H15BrN4O4. The lowest BCUT2D eigenvalue weighted by Crippen LogP contribution is -2.47. The smallest absolute Gasteiger partial charge is 0.286 e. The molecule has 1 aliphatic rings. The molecule has 2 heterocycles. The van der Waals surface area contributed by atoms with E-state index < -0.39 is 11.8 Å². The molecule has 130 valence electrons. The number of hydrazine groups is 1. The number of halogens is 1. The molecule has 3 rings (SSSR count). The Hall–Kier alpha value is -2.81. The third-order valence-corrected chi connectivity index (χ3v) is 4.00. The van der Waals surface area contributed by atoms with Gasteiger partial charge in [0.25, 0.3) is 11.8 Å². The highest BCUT2D eigenvalue weighted by atomic mass is 79.9. The quantitative estimate of drug-likeness (QED) is 0.669. The minimum atomic E-state index is -0.524. The first-order chi connectivity index (χ1) is 12.0. The van der Waals surface area contributed by atoms with E-state index in [0.29, 0.717) is 11.4 Å². The predicted octanol–water partition coefficient (Wildman–Crippen LogP) is 1.35. The van der Waals surface area contributed by atoms with Gasteiger partial charge < -0.3 is 9.72 Å². The molecule has 9 heteroatoms. The number of anilines is 1. The topological polar surface area (TPSA) is 104 Å². The van der Waals surface area contributed by atoms with Crippen LogP contribution in [0.4, 0.5) is 5.69 Å². The maximum Gasteiger partial charge on any atom is 0.286 e. The molecule has 1 aromatic heterocycles. The second kappa shape index (κ2) is 7.39. The zero-order valence-electron chi connectivity index (χ0n) is 13.0. The molecular weight excluding hydrogens is 392 g/mol. The van der Waals surface area contributed by atoms with Crippen molar-refractivity contribution in [3.63, 3.8) is 0 Å². The molecule has 1 aliphatic heterocycles. The molecule has 0 atom stereocenters. The number of carbonyl (C=O) groups excluding carboxylic acids is 3. The second-order valence-corrected chi connectivity index (χ2v) is 6.20. The van der Waals surface area contributed by atoms with Gasteiger partial charge in [-0.3, -0.25) is 30.1 Å². The lowest BCUT2D eigenvalue weighted by molar-refractivity contribution is -0.124. The predicted molar refractivity (Wildman–Crippen MR) is 93.0 cm³/mol. The van der Waals surface area contributed by atoms with Gasteiger partial charge in [-0.1, -0.05) is 12.1 Å². The van der Waals surface area contributed by atoms with Crippen LogP contribution < -0.4 is 20.5 Å². The standard InChI is InChI=1S/C16H15BrN4O4/c17-10-7-11(18-8-10)16(24)20-19-14(22)9-21-12-3-1-2-4-13(12)25-6-5-15(21)23/h1-4,7-8,18H,5-6,9H2,(H,19,22)(H,20,24). The summed E-state index contributed by atoms with van der Waals surface area (Å²) in [5.74, 6) is -0.699. The Balaban J connectivity index is 1.64. The Kier molecular flexibility index (Phi) is 5.03. The van der Waals surface area contributed by atoms with Gasteiger partial charge in [-0.15, -0.1) is 0 Å². The Labute approximate surface area is 151 Å². The Morgan fingerprint density at radius 1 is 1.28 bits per heavy atom. The summed E-state index contributed by atoms with van der Waals surface area (Å²) in [5, 5.41) is 0. The number of nitrogens with one attached hydrogen (secondary N) is 3. The van der Waals surface area contributed by atoms with Gasteiger partial charge in [-0.05, 0) is 34.1 Å². The van der Waals surface area contributed by atoms with Gasteiger partial charge in [-0.25, -0.2) is 0 Å². The molecule has 3 N–H and O–H groups in total. The van der Waals surface area contributed by atoms with Crippen molar-refractivity contribution in [2.75, 3.05) is 18.1 Å². The third-order valence-electron chi connectivity index (χ3n) is 3.54. The van der Waals surface area contributed by atoms with Gasteiger partial charge in [0, 0.05) is 10.7 Å². The average molecular weight is 407 g/mol. The molecule has 2 aromatic rings. The molecule has 0 radical (unpaired) electrons. The van der Waals surface area contributed by atoms with Gasteiger partial charge in [0.1, 0.15) is 18.0 Å². The number of nitrogens with zero attached hydrogens (tertiary/aromatic N) is 1. The van der Waals surface area contributed by atoms with Crippen LogP contribution in [0, 0.1) is 0 Å². The first-order valence-corrected chi connectivity index (χ1v) is 8.29. The molecule has 0 fully saturated rings. The summed E-state index contributed by atoms with van der Waals surface area (Å²) in [6.45, 7) is 0.0281. The first-order valence-electron chi connectivity index (χ1n) is 7.50. The van der Waals surface area contributed by atoms with E-state index >= 15 is 0 Å². The van der Waals surface area contributed by atoms with Gasteiger partial charge in [-0.2, -0.15) is 0 Å². The lowest BCUT2D eigenvalue weighted by Gasteiger charge is -2.21. The van der Waals surface area contributed by atoms with Crippen molar-refractivity contribution in [2.24, 2.45) is 0 Å². The summed E-state index contributed by atoms with van der Waals surface area (Å²) in [7, 11) is 0. The number of carbonyl (C=O) groups is 3. The maximum atomic E-state index is 12.2. The van der Waals surface area contributed by atoms with Crippen LogP contribution in [0.25, 0.3) is 0 Å². The van der Waals surface area contributed by atoms with E-state index in [9.17, 15) is 14.4 Å². The largest absolute Gasteiger partial charge is 0.491 e. The van der Waals surface area contributed by atoms with Gasteiger partial charge >= 0.3 is 0 Å². The van der Waals surface area contributed by atoms with Gasteiger partial charge in [0.05, 0.1) is 18.7 Å². The highest BCUT2D eigenvalue weighted by Gasteiger charge is 2.25. The van der Waals surface area contributed by atoms with Gasteiger partial charge in [0.15, 0.2) is 0 Å². The number of hydrogen-bond donors (Lipinski definition) is 3. The van der Waals surface area contributed by atoms with Crippen molar-refractivity contribution in [1.29, 1.82) is 0 Å². The number of H-pyrrole nitrogens is 1. The number of benzene rings is 1. The molecule has 0 saturated carbocycles. The monoisotopic (exact) mass is 406 g/mol. The van der Waals surface area contributed by atoms with Crippen LogP contribution in [0.15, 0.2) is 41.0 Å². The van der Waals surface area contributed by atoms with Crippen molar-refractivity contribution in [1.82, 2.24) is 15.8 Å². The Morgan fingerprint density at radius 2 is 2.08 bits per heavy atom. The Bertz CT molecular complexity index is 820. The van der Waals surface area contributed by atoms with E-state index in [0.717, 1.165) is 4.47 Å². The molecule has 0 saturated heterocycles. The highest BCUT2D eigenvalue weighted by Crippen LogP contribution is 2.30. The van der Waals surface area contributed by atoms with Crippen LogP contribution in [-0.2, 0) is 9.59 Å². The number of amides is 3. The fraction of sp³-hybridized carbons (Fsp3) is 0.188. The van der Waals surface area contributed by atoms with E-state index in [2.05, 4.69) is 31.8 Å². The highest BCUT2D eigenvalue weighted by molar-refractivity contribution is 9.10. The third kappa shape index (κ3) is 4.00. The molecule has 8 nitrogen and oxygen atoms in total. The summed E-state index contributed by atoms with van der Waals surface area (Å²) in [6.07, 6.45) is 1.77. The SMILES string of the molecule is O=C(CN1C(=O)CCOc2ccccc21)NNC(=O)c1cc(Br)c[nH]1. The van der Waals surface area contributed by atoms with Crippen LogP contribution in [-0.4, -0.2) is 35.9 Å². The number of aromatic nitrogens is 1. The molecule has 0 aliphatic carbocycles. The second-order valence-electron chi connectivity index (χ2n) is 5.28. The van der Waals surface area contributed by atoms with Crippen LogP contribution in [0.3, 0.4) is 0 Å². The van der Waals surface area contributed by atoms with Crippen LogP contribution >= 0.6 is 15.9 Å². The molecule has 0 bridgehead atoms. The molecule has 0 spiro atoms. The summed E-state index contributed by atoms with van der Waals surface area (Å²) in [6, 6.07) is 8.58. The van der Waals surface area contributed by atoms with E-state index in [-0.39, 0.29) is 31.2 Å². The number of fused-ring (bicyclic) bond motifs is 1. The van der Waals surface area contributed by atoms with Crippen molar-refractivity contribution >= 4 is 39.3 Å². The maximum absolute atomic E-state index is 12.2. The molecule has 0 unspecified atom stereocenters. The number of aromatic amines is 1. The van der Waals surface area contributed by atoms with Gasteiger partial charge in [0.2, 0.25) is 5.91 Å². The molecule has 25 heavy (non-hydrogen) atoms. The number of rotatable bonds is 3. The van der Waals surface area contributed by atoms with Crippen molar-refractivity contribution < 1.29 is 19.1 Å². The van der Waals surface area contributed by atoms with E-state index in [1.165, 1.54) is 4.90 Å². The van der Waals surface area contributed by atoms with E-state index in [1.807, 2.05) is 0 Å². The van der Waals surface area contributed by atoms with Crippen LogP contribution in [0.2, 0.25) is 0 Å². The Morgan fingerprint density at radius 3 is 2.84 bits per heavy atom. The minimum absolute atomic E-state index is 0.171. The summed E-state index contributed by atoms with van der Waals surface area (Å²) in [5.41, 5.74) is 5.41.